The number of nitrogens with zero attached hydrogens (tertiary/aromatic N) is 1. The maximum absolute atomic E-state index is 13.6. The van der Waals surface area contributed by atoms with Crippen molar-refractivity contribution in [2.24, 2.45) is 0 Å². The minimum atomic E-state index is -1.18. The first-order valence-corrected chi connectivity index (χ1v) is 5.69. The molecule has 0 saturated carbocycles. The highest BCUT2D eigenvalue weighted by Crippen LogP contribution is 2.39. The Balaban J connectivity index is 2.62. The Morgan fingerprint density at radius 2 is 1.89 bits per heavy atom. The van der Waals surface area contributed by atoms with Crippen LogP contribution in [0.3, 0.4) is 0 Å². The van der Waals surface area contributed by atoms with Crippen LogP contribution < -0.4 is 15.2 Å². The number of nitrogen functional groups attached to an aromatic ring is 1. The Bertz CT molecular complexity index is 581. The molecule has 2 N–H and O–H groups in total. The molecule has 0 aliphatic heterocycles. The molecule has 19 heavy (non-hydrogen) atoms. The molecule has 0 aliphatic rings. The summed E-state index contributed by atoms with van der Waals surface area (Å²) in [6.07, 6.45) is -1.18. The summed E-state index contributed by atoms with van der Waals surface area (Å²) >= 11 is 0. The average Bonchev–Trinajstić information content (AvgIpc) is 2.83. The van der Waals surface area contributed by atoms with Gasteiger partial charge in [0.15, 0.2) is 11.6 Å². The molecule has 1 heterocycles. The Hall–Kier alpha value is -2.24. The summed E-state index contributed by atoms with van der Waals surface area (Å²) in [6.45, 7) is 1.43. The van der Waals surface area contributed by atoms with Gasteiger partial charge >= 0.3 is 0 Å². The fraction of sp³-hybridized carbons (Fsp3) is 0.308. The molecule has 2 rings (SSSR count). The van der Waals surface area contributed by atoms with E-state index < -0.39 is 6.17 Å². The van der Waals surface area contributed by atoms with E-state index in [-0.39, 0.29) is 5.82 Å². The van der Waals surface area contributed by atoms with Crippen molar-refractivity contribution in [3.8, 4) is 22.8 Å². The van der Waals surface area contributed by atoms with Gasteiger partial charge in [0, 0.05) is 17.7 Å². The molecule has 1 aromatic carbocycles. The SMILES string of the molecule is COc1cc(OC)c(C(C)F)cc1-c1cc(N)no1. The van der Waals surface area contributed by atoms with Crippen molar-refractivity contribution < 1.29 is 18.4 Å². The number of benzene rings is 1. The standard InChI is InChI=1S/C13H15FN2O3/c1-7(14)8-4-9(12-6-13(15)16-19-12)11(18-3)5-10(8)17-2/h4-7H,1-3H3,(H2,15,16). The highest BCUT2D eigenvalue weighted by molar-refractivity contribution is 5.70. The highest BCUT2D eigenvalue weighted by atomic mass is 19.1. The van der Waals surface area contributed by atoms with E-state index in [0.717, 1.165) is 0 Å². The van der Waals surface area contributed by atoms with Gasteiger partial charge in [0.1, 0.15) is 17.7 Å². The normalized spacial score (nSPS) is 12.2. The summed E-state index contributed by atoms with van der Waals surface area (Å²) < 4.78 is 29.1. The third-order valence-electron chi connectivity index (χ3n) is 2.77. The average molecular weight is 266 g/mol. The van der Waals surface area contributed by atoms with Gasteiger partial charge in [-0.05, 0) is 13.0 Å². The molecule has 2 aromatic rings. The highest BCUT2D eigenvalue weighted by Gasteiger charge is 2.19. The zero-order valence-corrected chi connectivity index (χ0v) is 10.9. The van der Waals surface area contributed by atoms with E-state index in [4.69, 9.17) is 19.7 Å². The lowest BCUT2D eigenvalue weighted by molar-refractivity contribution is 0.343. The van der Waals surface area contributed by atoms with Crippen LogP contribution in [0.4, 0.5) is 10.2 Å². The van der Waals surface area contributed by atoms with Crippen molar-refractivity contribution in [3.05, 3.63) is 23.8 Å². The first-order valence-electron chi connectivity index (χ1n) is 5.69. The van der Waals surface area contributed by atoms with E-state index in [1.54, 1.807) is 18.2 Å². The lowest BCUT2D eigenvalue weighted by atomic mass is 10.0. The van der Waals surface area contributed by atoms with Crippen LogP contribution in [-0.4, -0.2) is 19.4 Å². The van der Waals surface area contributed by atoms with Crippen molar-refractivity contribution in [1.29, 1.82) is 0 Å². The summed E-state index contributed by atoms with van der Waals surface area (Å²) in [6, 6.07) is 4.78. The zero-order valence-electron chi connectivity index (χ0n) is 10.9. The van der Waals surface area contributed by atoms with Gasteiger partial charge in [-0.2, -0.15) is 0 Å². The first kappa shape index (κ1) is 13.2. The minimum Gasteiger partial charge on any atom is -0.496 e. The van der Waals surface area contributed by atoms with E-state index in [2.05, 4.69) is 5.16 Å². The summed E-state index contributed by atoms with van der Waals surface area (Å²) in [5, 5.41) is 3.61. The quantitative estimate of drug-likeness (QED) is 0.921. The van der Waals surface area contributed by atoms with Crippen LogP contribution in [0.2, 0.25) is 0 Å². The molecule has 0 amide bonds. The molecule has 1 atom stereocenters. The van der Waals surface area contributed by atoms with Gasteiger partial charge in [0.2, 0.25) is 0 Å². The minimum absolute atomic E-state index is 0.253. The largest absolute Gasteiger partial charge is 0.496 e. The molecule has 0 saturated heterocycles. The van der Waals surface area contributed by atoms with Crippen molar-refractivity contribution in [2.45, 2.75) is 13.1 Å². The Morgan fingerprint density at radius 1 is 1.21 bits per heavy atom. The lowest BCUT2D eigenvalue weighted by Crippen LogP contribution is -1.97. The number of rotatable bonds is 4. The van der Waals surface area contributed by atoms with Crippen LogP contribution in [0.1, 0.15) is 18.7 Å². The Labute approximate surface area is 110 Å². The number of hydrogen-bond donors (Lipinski definition) is 1. The number of alkyl halides is 1. The van der Waals surface area contributed by atoms with E-state index in [1.165, 1.54) is 21.1 Å². The summed E-state index contributed by atoms with van der Waals surface area (Å²) in [5.74, 6) is 1.59. The van der Waals surface area contributed by atoms with Crippen LogP contribution >= 0.6 is 0 Å². The smallest absolute Gasteiger partial charge is 0.172 e. The van der Waals surface area contributed by atoms with Gasteiger partial charge in [0.05, 0.1) is 19.8 Å². The molecule has 0 fully saturated rings. The molecule has 0 aliphatic carbocycles. The van der Waals surface area contributed by atoms with Crippen LogP contribution in [0.25, 0.3) is 11.3 Å². The number of nitrogens with two attached hydrogens (primary N) is 1. The molecular weight excluding hydrogens is 251 g/mol. The van der Waals surface area contributed by atoms with E-state index in [0.29, 0.717) is 28.4 Å². The molecule has 0 bridgehead atoms. The molecule has 0 spiro atoms. The second-order valence-corrected chi connectivity index (χ2v) is 4.03. The molecule has 5 nitrogen and oxygen atoms in total. The lowest BCUT2D eigenvalue weighted by Gasteiger charge is -2.14. The van der Waals surface area contributed by atoms with Crippen molar-refractivity contribution in [1.82, 2.24) is 5.16 Å². The van der Waals surface area contributed by atoms with Gasteiger partial charge in [-0.1, -0.05) is 5.16 Å². The molecule has 0 radical (unpaired) electrons. The molecule has 1 aromatic heterocycles. The predicted molar refractivity (Wildman–Crippen MR) is 69.0 cm³/mol. The van der Waals surface area contributed by atoms with E-state index >= 15 is 0 Å². The first-order chi connectivity index (χ1) is 9.06. The number of anilines is 1. The Kier molecular flexibility index (Phi) is 3.59. The van der Waals surface area contributed by atoms with E-state index in [9.17, 15) is 4.39 Å². The fourth-order valence-corrected chi connectivity index (χ4v) is 1.84. The molecule has 1 unspecified atom stereocenters. The maximum Gasteiger partial charge on any atom is 0.172 e. The fourth-order valence-electron chi connectivity index (χ4n) is 1.84. The third kappa shape index (κ3) is 2.47. The number of halogens is 1. The monoisotopic (exact) mass is 266 g/mol. The Morgan fingerprint density at radius 3 is 2.37 bits per heavy atom. The summed E-state index contributed by atoms with van der Waals surface area (Å²) in [5.41, 5.74) is 6.50. The van der Waals surface area contributed by atoms with Gasteiger partial charge in [-0.3, -0.25) is 0 Å². The second-order valence-electron chi connectivity index (χ2n) is 4.03. The van der Waals surface area contributed by atoms with Crippen molar-refractivity contribution >= 4 is 5.82 Å². The van der Waals surface area contributed by atoms with E-state index in [1.807, 2.05) is 0 Å². The van der Waals surface area contributed by atoms with Crippen molar-refractivity contribution in [2.75, 3.05) is 20.0 Å². The summed E-state index contributed by atoms with van der Waals surface area (Å²) in [7, 11) is 2.99. The third-order valence-corrected chi connectivity index (χ3v) is 2.77. The number of hydrogen-bond acceptors (Lipinski definition) is 5. The topological polar surface area (TPSA) is 70.5 Å². The molecule has 6 heteroatoms. The van der Waals surface area contributed by atoms with Crippen LogP contribution in [-0.2, 0) is 0 Å². The van der Waals surface area contributed by atoms with Gasteiger partial charge in [-0.15, -0.1) is 0 Å². The van der Waals surface area contributed by atoms with Crippen LogP contribution in [0, 0.1) is 0 Å². The number of ether oxygens (including phenoxy) is 2. The van der Waals surface area contributed by atoms with Gasteiger partial charge in [0.25, 0.3) is 0 Å². The van der Waals surface area contributed by atoms with Gasteiger partial charge < -0.3 is 19.7 Å². The zero-order chi connectivity index (χ0) is 14.0. The van der Waals surface area contributed by atoms with Crippen LogP contribution in [0.5, 0.6) is 11.5 Å². The van der Waals surface area contributed by atoms with Crippen LogP contribution in [0.15, 0.2) is 22.7 Å². The molecular formula is C13H15FN2O3. The molecule has 102 valence electrons. The number of aromatic nitrogens is 1. The number of methoxy groups -OCH3 is 2. The maximum atomic E-state index is 13.6. The van der Waals surface area contributed by atoms with Gasteiger partial charge in [-0.25, -0.2) is 4.39 Å². The summed E-state index contributed by atoms with van der Waals surface area (Å²) in [4.78, 5) is 0. The second kappa shape index (κ2) is 5.17. The predicted octanol–water partition coefficient (Wildman–Crippen LogP) is 2.97. The van der Waals surface area contributed by atoms with Crippen molar-refractivity contribution in [3.63, 3.8) is 0 Å².